The van der Waals surface area contributed by atoms with E-state index in [9.17, 15) is 0 Å². The fourth-order valence-corrected chi connectivity index (χ4v) is 3.29. The van der Waals surface area contributed by atoms with Crippen molar-refractivity contribution in [2.24, 2.45) is 11.8 Å². The summed E-state index contributed by atoms with van der Waals surface area (Å²) in [5, 5.41) is 0. The van der Waals surface area contributed by atoms with Gasteiger partial charge in [-0.3, -0.25) is 0 Å². The zero-order chi connectivity index (χ0) is 20.6. The van der Waals surface area contributed by atoms with Gasteiger partial charge in [-0.15, -0.1) is 0 Å². The van der Waals surface area contributed by atoms with Gasteiger partial charge in [0.2, 0.25) is 0 Å². The molecule has 2 aromatic rings. The van der Waals surface area contributed by atoms with Crippen LogP contribution in [-0.4, -0.2) is 19.1 Å². The van der Waals surface area contributed by atoms with Gasteiger partial charge in [-0.2, -0.15) is 0 Å². The van der Waals surface area contributed by atoms with Gasteiger partial charge < -0.3 is 9.13 Å². The van der Waals surface area contributed by atoms with Crippen LogP contribution in [0.25, 0.3) is 0 Å². The minimum atomic E-state index is 0.821. The van der Waals surface area contributed by atoms with Crippen molar-refractivity contribution in [1.29, 1.82) is 0 Å². The molecular weight excluding hydrogens is 344 g/mol. The molecule has 0 N–H and O–H groups in total. The van der Waals surface area contributed by atoms with Gasteiger partial charge in [0.15, 0.2) is 0 Å². The zero-order valence-corrected chi connectivity index (χ0v) is 19.1. The third-order valence-electron chi connectivity index (χ3n) is 5.68. The van der Waals surface area contributed by atoms with Crippen molar-refractivity contribution in [1.82, 2.24) is 19.1 Å². The minimum Gasteiger partial charge on any atom is -0.337 e. The molecule has 2 unspecified atom stereocenters. The van der Waals surface area contributed by atoms with E-state index in [1.54, 1.807) is 0 Å². The molecule has 0 aliphatic heterocycles. The fourth-order valence-electron chi connectivity index (χ4n) is 3.29. The first kappa shape index (κ1) is 24.5. The number of aromatic nitrogens is 4. The molecule has 160 valence electrons. The maximum Gasteiger partial charge on any atom is 0.108 e. The second kappa shape index (κ2) is 15.4. The molecule has 0 bridgehead atoms. The van der Waals surface area contributed by atoms with Crippen LogP contribution in [0, 0.1) is 11.8 Å². The van der Waals surface area contributed by atoms with E-state index in [1.807, 2.05) is 18.7 Å². The highest BCUT2D eigenvalue weighted by atomic mass is 15.1. The highest BCUT2D eigenvalue weighted by Gasteiger charge is 2.06. The number of unbranched alkanes of at least 4 members (excludes halogenated alkanes) is 2. The van der Waals surface area contributed by atoms with Crippen molar-refractivity contribution in [3.63, 3.8) is 0 Å². The molecule has 2 aromatic heterocycles. The Kier molecular flexibility index (Phi) is 13.4. The second-order valence-electron chi connectivity index (χ2n) is 8.12. The summed E-state index contributed by atoms with van der Waals surface area (Å²) in [7, 11) is 0. The average molecular weight is 389 g/mol. The van der Waals surface area contributed by atoms with E-state index in [4.69, 9.17) is 0 Å². The van der Waals surface area contributed by atoms with Gasteiger partial charge in [-0.05, 0) is 31.1 Å². The third-order valence-corrected chi connectivity index (χ3v) is 5.68. The average Bonchev–Trinajstić information content (AvgIpc) is 3.39. The molecule has 0 saturated heterocycles. The van der Waals surface area contributed by atoms with Crippen molar-refractivity contribution < 1.29 is 0 Å². The van der Waals surface area contributed by atoms with Crippen LogP contribution < -0.4 is 0 Å². The first-order valence-corrected chi connectivity index (χ1v) is 11.6. The molecule has 0 aromatic carbocycles. The lowest BCUT2D eigenvalue weighted by molar-refractivity contribution is 0.390. The highest BCUT2D eigenvalue weighted by Crippen LogP contribution is 2.14. The minimum absolute atomic E-state index is 0.821. The van der Waals surface area contributed by atoms with E-state index in [1.165, 1.54) is 57.2 Å². The predicted octanol–water partition coefficient (Wildman–Crippen LogP) is 6.76. The van der Waals surface area contributed by atoms with Gasteiger partial charge in [0.05, 0.1) is 6.33 Å². The summed E-state index contributed by atoms with van der Waals surface area (Å²) >= 11 is 0. The van der Waals surface area contributed by atoms with E-state index >= 15 is 0 Å². The van der Waals surface area contributed by atoms with Crippen molar-refractivity contribution in [2.45, 2.75) is 105 Å². The summed E-state index contributed by atoms with van der Waals surface area (Å²) in [5.41, 5.74) is 0. The van der Waals surface area contributed by atoms with E-state index in [2.05, 4.69) is 66.1 Å². The number of aryl methyl sites for hydroxylation is 2. The fraction of sp³-hybridized carbons (Fsp3) is 0.750. The van der Waals surface area contributed by atoms with Crippen LogP contribution in [0.2, 0.25) is 0 Å². The topological polar surface area (TPSA) is 35.6 Å². The Balaban J connectivity index is 0.000000283. The van der Waals surface area contributed by atoms with Crippen LogP contribution in [0.1, 0.15) is 91.8 Å². The summed E-state index contributed by atoms with van der Waals surface area (Å²) in [5.74, 6) is 2.92. The standard InChI is InChI=1S/C13H24N2.C11H20N2/c1-4-6-10-15-11-9-14-13(15)8-7-12(3)5-2;1-3-5-6-11(4-2)9-13-8-7-12-10-13/h9,11-12H,4-8,10H2,1-3H3;7-8,10-11H,3-6,9H2,1-2H3. The van der Waals surface area contributed by atoms with Crippen LogP contribution in [0.5, 0.6) is 0 Å². The molecule has 0 aliphatic carbocycles. The first-order valence-electron chi connectivity index (χ1n) is 11.6. The Morgan fingerprint density at radius 3 is 2.32 bits per heavy atom. The summed E-state index contributed by atoms with van der Waals surface area (Å²) in [6, 6.07) is 0. The van der Waals surface area contributed by atoms with Crippen LogP contribution in [0.15, 0.2) is 31.1 Å². The molecule has 4 nitrogen and oxygen atoms in total. The molecule has 0 amide bonds. The van der Waals surface area contributed by atoms with Crippen LogP contribution in [0.3, 0.4) is 0 Å². The van der Waals surface area contributed by atoms with Gasteiger partial charge in [0, 0.05) is 44.3 Å². The number of rotatable bonds is 13. The van der Waals surface area contributed by atoms with E-state index in [0.29, 0.717) is 0 Å². The normalized spacial score (nSPS) is 13.0. The monoisotopic (exact) mass is 388 g/mol. The van der Waals surface area contributed by atoms with Gasteiger partial charge in [0.1, 0.15) is 5.82 Å². The van der Waals surface area contributed by atoms with Gasteiger partial charge in [0.25, 0.3) is 0 Å². The molecule has 28 heavy (non-hydrogen) atoms. The SMILES string of the molecule is CCCCC(CC)Cn1ccnc1.CCCCn1ccnc1CCC(C)CC. The molecule has 0 radical (unpaired) electrons. The third kappa shape index (κ3) is 10.1. The second-order valence-corrected chi connectivity index (χ2v) is 8.12. The lowest BCUT2D eigenvalue weighted by Gasteiger charge is -2.14. The first-order chi connectivity index (χ1) is 13.6. The van der Waals surface area contributed by atoms with E-state index in [-0.39, 0.29) is 0 Å². The predicted molar refractivity (Wildman–Crippen MR) is 120 cm³/mol. The number of hydrogen-bond acceptors (Lipinski definition) is 2. The summed E-state index contributed by atoms with van der Waals surface area (Å²) < 4.78 is 4.50. The zero-order valence-electron chi connectivity index (χ0n) is 19.1. The van der Waals surface area contributed by atoms with Crippen molar-refractivity contribution in [3.05, 3.63) is 36.9 Å². The molecule has 2 atom stereocenters. The molecule has 2 heterocycles. The largest absolute Gasteiger partial charge is 0.337 e. The Morgan fingerprint density at radius 1 is 0.929 bits per heavy atom. The smallest absolute Gasteiger partial charge is 0.108 e. The van der Waals surface area contributed by atoms with Crippen LogP contribution in [-0.2, 0) is 19.5 Å². The number of hydrogen-bond donors (Lipinski definition) is 0. The lowest BCUT2D eigenvalue weighted by atomic mass is 9.99. The maximum absolute atomic E-state index is 4.44. The number of nitrogens with zero attached hydrogens (tertiary/aromatic N) is 4. The van der Waals surface area contributed by atoms with E-state index in [0.717, 1.165) is 31.3 Å². The molecule has 0 saturated carbocycles. The summed E-state index contributed by atoms with van der Waals surface area (Å²) in [6.45, 7) is 13.6. The van der Waals surface area contributed by atoms with Crippen molar-refractivity contribution in [2.75, 3.05) is 0 Å². The Labute approximate surface area is 173 Å². The van der Waals surface area contributed by atoms with Gasteiger partial charge in [-0.25, -0.2) is 9.97 Å². The molecule has 2 rings (SSSR count). The molecular formula is C24H44N4. The highest BCUT2D eigenvalue weighted by molar-refractivity contribution is 4.92. The van der Waals surface area contributed by atoms with Crippen molar-refractivity contribution >= 4 is 0 Å². The van der Waals surface area contributed by atoms with Crippen molar-refractivity contribution in [3.8, 4) is 0 Å². The van der Waals surface area contributed by atoms with Gasteiger partial charge in [-0.1, -0.05) is 66.7 Å². The molecule has 0 aliphatic rings. The van der Waals surface area contributed by atoms with Gasteiger partial charge >= 0.3 is 0 Å². The molecule has 0 fully saturated rings. The molecule has 4 heteroatoms. The lowest BCUT2D eigenvalue weighted by Crippen LogP contribution is -2.08. The van der Waals surface area contributed by atoms with Crippen LogP contribution >= 0.6 is 0 Å². The van der Waals surface area contributed by atoms with E-state index < -0.39 is 0 Å². The summed E-state index contributed by atoms with van der Waals surface area (Å²) in [4.78, 5) is 8.49. The molecule has 0 spiro atoms. The summed E-state index contributed by atoms with van der Waals surface area (Å²) in [6.07, 6.45) is 21.3. The Morgan fingerprint density at radius 2 is 1.71 bits per heavy atom. The quantitative estimate of drug-likeness (QED) is 0.380. The van der Waals surface area contributed by atoms with Crippen LogP contribution in [0.4, 0.5) is 0 Å². The Bertz CT molecular complexity index is 573. The maximum atomic E-state index is 4.44. The number of imidazole rings is 2. The Hall–Kier alpha value is -1.58.